The van der Waals surface area contributed by atoms with Crippen molar-refractivity contribution < 1.29 is 12.8 Å². The molecule has 0 aliphatic heterocycles. The summed E-state index contributed by atoms with van der Waals surface area (Å²) in [5, 5.41) is -0.282. The zero-order valence-corrected chi connectivity index (χ0v) is 13.1. The number of alkyl halides is 1. The molecule has 0 amide bonds. The van der Waals surface area contributed by atoms with E-state index < -0.39 is 15.8 Å². The number of nitrogens with one attached hydrogen (secondary N) is 1. The van der Waals surface area contributed by atoms with E-state index >= 15 is 0 Å². The molecule has 0 saturated heterocycles. The molecule has 1 unspecified atom stereocenters. The maximum Gasteiger partial charge on any atom is 0.241 e. The quantitative estimate of drug-likeness (QED) is 0.850. The first-order valence-electron chi connectivity index (χ1n) is 6.05. The van der Waals surface area contributed by atoms with Gasteiger partial charge >= 0.3 is 0 Å². The van der Waals surface area contributed by atoms with Crippen LogP contribution in [-0.2, 0) is 10.0 Å². The van der Waals surface area contributed by atoms with Crippen LogP contribution < -0.4 is 4.72 Å². The Kier molecular flexibility index (Phi) is 5.35. The monoisotopic (exact) mass is 307 g/mol. The SMILES string of the molecule is Cc1cc(F)cc(C)c1S(=O)(=O)NCC(Cl)C(C)C. The van der Waals surface area contributed by atoms with E-state index in [4.69, 9.17) is 11.6 Å². The predicted molar refractivity (Wildman–Crippen MR) is 75.5 cm³/mol. The lowest BCUT2D eigenvalue weighted by atomic mass is 10.1. The van der Waals surface area contributed by atoms with Gasteiger partial charge in [-0.25, -0.2) is 17.5 Å². The van der Waals surface area contributed by atoms with Crippen molar-refractivity contribution in [3.63, 3.8) is 0 Å². The molecule has 6 heteroatoms. The lowest BCUT2D eigenvalue weighted by Gasteiger charge is -2.16. The highest BCUT2D eigenvalue weighted by atomic mass is 35.5. The molecule has 3 nitrogen and oxygen atoms in total. The normalized spacial score (nSPS) is 13.8. The number of sulfonamides is 1. The van der Waals surface area contributed by atoms with E-state index in [0.717, 1.165) is 0 Å². The van der Waals surface area contributed by atoms with Crippen LogP contribution in [0.3, 0.4) is 0 Å². The summed E-state index contributed by atoms with van der Waals surface area (Å²) in [7, 11) is -3.67. The summed E-state index contributed by atoms with van der Waals surface area (Å²) < 4.78 is 40.1. The van der Waals surface area contributed by atoms with Crippen LogP contribution in [0.5, 0.6) is 0 Å². The first-order chi connectivity index (χ1) is 8.65. The average Bonchev–Trinajstić information content (AvgIpc) is 2.23. The first kappa shape index (κ1) is 16.4. The van der Waals surface area contributed by atoms with Gasteiger partial charge in [-0.1, -0.05) is 13.8 Å². The molecule has 0 spiro atoms. The molecule has 0 bridgehead atoms. The topological polar surface area (TPSA) is 46.2 Å². The van der Waals surface area contributed by atoms with Crippen molar-refractivity contribution >= 4 is 21.6 Å². The Hall–Kier alpha value is -0.650. The molecule has 0 fully saturated rings. The lowest BCUT2D eigenvalue weighted by Crippen LogP contribution is -2.32. The Labute approximate surface area is 119 Å². The van der Waals surface area contributed by atoms with E-state index in [1.165, 1.54) is 12.1 Å². The van der Waals surface area contributed by atoms with Gasteiger partial charge in [-0.15, -0.1) is 11.6 Å². The Bertz CT molecular complexity index is 535. The fourth-order valence-electron chi connectivity index (χ4n) is 1.82. The van der Waals surface area contributed by atoms with E-state index in [9.17, 15) is 12.8 Å². The second-order valence-electron chi connectivity index (χ2n) is 4.98. The van der Waals surface area contributed by atoms with Crippen molar-refractivity contribution in [3.05, 3.63) is 29.1 Å². The Morgan fingerprint density at radius 2 is 1.74 bits per heavy atom. The fourth-order valence-corrected chi connectivity index (χ4v) is 3.50. The van der Waals surface area contributed by atoms with E-state index in [0.29, 0.717) is 11.1 Å². The maximum atomic E-state index is 13.2. The van der Waals surface area contributed by atoms with E-state index in [1.54, 1.807) is 13.8 Å². The summed E-state index contributed by atoms with van der Waals surface area (Å²) in [5.74, 6) is -0.272. The lowest BCUT2D eigenvalue weighted by molar-refractivity contribution is 0.555. The molecule has 108 valence electrons. The molecule has 0 radical (unpaired) electrons. The molecule has 1 atom stereocenters. The van der Waals surface area contributed by atoms with Crippen molar-refractivity contribution in [2.45, 2.75) is 38.0 Å². The molecule has 1 aromatic rings. The number of hydrogen-bond acceptors (Lipinski definition) is 2. The third kappa shape index (κ3) is 4.16. The summed E-state index contributed by atoms with van der Waals surface area (Å²) in [4.78, 5) is 0.126. The average molecular weight is 308 g/mol. The van der Waals surface area contributed by atoms with E-state index in [1.807, 2.05) is 13.8 Å². The Balaban J connectivity index is 3.02. The van der Waals surface area contributed by atoms with Crippen molar-refractivity contribution in [2.24, 2.45) is 5.92 Å². The van der Waals surface area contributed by atoms with Gasteiger partial charge in [-0.05, 0) is 43.0 Å². The fraction of sp³-hybridized carbons (Fsp3) is 0.538. The Morgan fingerprint density at radius 1 is 1.26 bits per heavy atom. The van der Waals surface area contributed by atoms with Crippen LogP contribution in [0.4, 0.5) is 4.39 Å². The van der Waals surface area contributed by atoms with Crippen LogP contribution in [0.25, 0.3) is 0 Å². The van der Waals surface area contributed by atoms with Crippen LogP contribution in [0.2, 0.25) is 0 Å². The number of hydrogen-bond donors (Lipinski definition) is 1. The van der Waals surface area contributed by atoms with Crippen molar-refractivity contribution in [1.29, 1.82) is 0 Å². The summed E-state index contributed by atoms with van der Waals surface area (Å²) in [6.07, 6.45) is 0. The van der Waals surface area contributed by atoms with Crippen LogP contribution >= 0.6 is 11.6 Å². The highest BCUT2D eigenvalue weighted by Gasteiger charge is 2.22. The number of rotatable bonds is 5. The minimum Gasteiger partial charge on any atom is -0.210 e. The standard InChI is InChI=1S/C13H19ClFNO2S/c1-8(2)12(14)7-16-19(17,18)13-9(3)5-11(15)6-10(13)4/h5-6,8,12,16H,7H2,1-4H3. The van der Waals surface area contributed by atoms with Gasteiger partial charge in [-0.3, -0.25) is 0 Å². The number of aryl methyl sites for hydroxylation is 2. The number of halogens is 2. The smallest absolute Gasteiger partial charge is 0.210 e. The largest absolute Gasteiger partial charge is 0.241 e. The minimum atomic E-state index is -3.67. The maximum absolute atomic E-state index is 13.2. The zero-order chi connectivity index (χ0) is 14.8. The van der Waals surface area contributed by atoms with Crippen molar-refractivity contribution in [3.8, 4) is 0 Å². The zero-order valence-electron chi connectivity index (χ0n) is 11.5. The molecular formula is C13H19ClFNO2S. The summed E-state index contributed by atoms with van der Waals surface area (Å²) in [5.41, 5.74) is 0.779. The van der Waals surface area contributed by atoms with Crippen LogP contribution in [0, 0.1) is 25.6 Å². The molecule has 1 rings (SSSR count). The van der Waals surface area contributed by atoms with Crippen LogP contribution in [0.1, 0.15) is 25.0 Å². The van der Waals surface area contributed by atoms with Gasteiger partial charge in [0, 0.05) is 11.9 Å². The van der Waals surface area contributed by atoms with Gasteiger partial charge in [0.05, 0.1) is 4.90 Å². The summed E-state index contributed by atoms with van der Waals surface area (Å²) in [6, 6.07) is 2.42. The van der Waals surface area contributed by atoms with Gasteiger partial charge in [0.1, 0.15) is 5.82 Å². The van der Waals surface area contributed by atoms with Crippen molar-refractivity contribution in [1.82, 2.24) is 4.72 Å². The molecule has 0 saturated carbocycles. The minimum absolute atomic E-state index is 0.126. The third-order valence-corrected chi connectivity index (χ3v) is 5.27. The molecular weight excluding hydrogens is 289 g/mol. The van der Waals surface area contributed by atoms with Crippen LogP contribution in [0.15, 0.2) is 17.0 Å². The van der Waals surface area contributed by atoms with E-state index in [-0.39, 0.29) is 22.7 Å². The van der Waals surface area contributed by atoms with Gasteiger partial charge < -0.3 is 0 Å². The molecule has 0 aliphatic rings. The highest BCUT2D eigenvalue weighted by Crippen LogP contribution is 2.21. The molecule has 0 aliphatic carbocycles. The molecule has 0 heterocycles. The van der Waals surface area contributed by atoms with Gasteiger partial charge in [0.15, 0.2) is 0 Å². The van der Waals surface area contributed by atoms with Crippen molar-refractivity contribution in [2.75, 3.05) is 6.54 Å². The number of benzene rings is 1. The molecule has 19 heavy (non-hydrogen) atoms. The summed E-state index contributed by atoms with van der Waals surface area (Å²) in [6.45, 7) is 7.13. The third-order valence-electron chi connectivity index (χ3n) is 2.89. The summed E-state index contributed by atoms with van der Waals surface area (Å²) >= 11 is 6.03. The first-order valence-corrected chi connectivity index (χ1v) is 7.97. The van der Waals surface area contributed by atoms with Gasteiger partial charge in [0.25, 0.3) is 0 Å². The van der Waals surface area contributed by atoms with Crippen LogP contribution in [-0.4, -0.2) is 20.3 Å². The van der Waals surface area contributed by atoms with Gasteiger partial charge in [-0.2, -0.15) is 0 Å². The second kappa shape index (κ2) is 6.20. The molecule has 1 N–H and O–H groups in total. The predicted octanol–water partition coefficient (Wildman–Crippen LogP) is 2.98. The molecule has 0 aromatic heterocycles. The van der Waals surface area contributed by atoms with Gasteiger partial charge in [0.2, 0.25) is 10.0 Å². The second-order valence-corrected chi connectivity index (χ2v) is 7.24. The van der Waals surface area contributed by atoms with E-state index in [2.05, 4.69) is 4.72 Å². The molecule has 1 aromatic carbocycles. The Morgan fingerprint density at radius 3 is 2.16 bits per heavy atom. The highest BCUT2D eigenvalue weighted by molar-refractivity contribution is 7.89.